The summed E-state index contributed by atoms with van der Waals surface area (Å²) in [6.45, 7) is 3.88. The van der Waals surface area contributed by atoms with E-state index in [0.717, 1.165) is 10.5 Å². The molecule has 0 saturated heterocycles. The molecule has 2 aromatic rings. The van der Waals surface area contributed by atoms with Crippen molar-refractivity contribution in [3.63, 3.8) is 0 Å². The van der Waals surface area contributed by atoms with Crippen molar-refractivity contribution < 1.29 is 9.59 Å². The van der Waals surface area contributed by atoms with E-state index in [4.69, 9.17) is 0 Å². The van der Waals surface area contributed by atoms with Gasteiger partial charge < -0.3 is 0 Å². The summed E-state index contributed by atoms with van der Waals surface area (Å²) < 4.78 is 0. The van der Waals surface area contributed by atoms with E-state index in [1.165, 1.54) is 0 Å². The van der Waals surface area contributed by atoms with E-state index in [9.17, 15) is 9.59 Å². The molecule has 0 aliphatic carbocycles. The number of imide groups is 1. The van der Waals surface area contributed by atoms with Crippen LogP contribution in [-0.2, 0) is 0 Å². The van der Waals surface area contributed by atoms with Crippen LogP contribution in [-0.4, -0.2) is 16.7 Å². The third-order valence-corrected chi connectivity index (χ3v) is 3.17. The third-order valence-electron chi connectivity index (χ3n) is 3.17. The second kappa shape index (κ2) is 4.21. The number of rotatable bonds is 2. The smallest absolute Gasteiger partial charge is 0.266 e. The minimum atomic E-state index is -0.311. The van der Waals surface area contributed by atoms with Crippen LogP contribution in [0.1, 0.15) is 26.3 Å². The van der Waals surface area contributed by atoms with E-state index < -0.39 is 0 Å². The predicted octanol–water partition coefficient (Wildman–Crippen LogP) is 2.95. The van der Waals surface area contributed by atoms with Crippen LogP contribution in [0.2, 0.25) is 0 Å². The van der Waals surface area contributed by atoms with Crippen molar-refractivity contribution in [2.24, 2.45) is 0 Å². The Labute approximate surface area is 110 Å². The number of amides is 2. The highest BCUT2D eigenvalue weighted by molar-refractivity contribution is 6.25. The second-order valence-corrected chi connectivity index (χ2v) is 4.30. The summed E-state index contributed by atoms with van der Waals surface area (Å²) in [7, 11) is 0. The van der Waals surface area contributed by atoms with Crippen molar-refractivity contribution in [3.05, 3.63) is 77.9 Å². The van der Waals surface area contributed by atoms with Gasteiger partial charge in [-0.2, -0.15) is 0 Å². The molecule has 3 heteroatoms. The lowest BCUT2D eigenvalue weighted by Crippen LogP contribution is -2.27. The molecule has 19 heavy (non-hydrogen) atoms. The van der Waals surface area contributed by atoms with Gasteiger partial charge in [0.25, 0.3) is 11.8 Å². The van der Waals surface area contributed by atoms with Gasteiger partial charge in [0.15, 0.2) is 0 Å². The summed E-state index contributed by atoms with van der Waals surface area (Å²) in [4.78, 5) is 25.7. The maximum Gasteiger partial charge on any atom is 0.266 e. The van der Waals surface area contributed by atoms with Crippen molar-refractivity contribution in [2.75, 3.05) is 0 Å². The van der Waals surface area contributed by atoms with E-state index in [2.05, 4.69) is 6.58 Å². The molecule has 0 unspecified atom stereocenters. The largest absolute Gasteiger partial charge is 0.268 e. The molecular weight excluding hydrogens is 238 g/mol. The maximum atomic E-state index is 12.3. The zero-order valence-electron chi connectivity index (χ0n) is 10.2. The fourth-order valence-corrected chi connectivity index (χ4v) is 2.19. The number of carbonyl (C=O) groups is 2. The first-order valence-electron chi connectivity index (χ1n) is 5.92. The van der Waals surface area contributed by atoms with E-state index in [0.29, 0.717) is 16.8 Å². The van der Waals surface area contributed by atoms with Crippen LogP contribution in [0.25, 0.3) is 5.70 Å². The Morgan fingerprint density at radius 2 is 1.26 bits per heavy atom. The van der Waals surface area contributed by atoms with Crippen molar-refractivity contribution in [1.82, 2.24) is 4.90 Å². The van der Waals surface area contributed by atoms with Crippen molar-refractivity contribution >= 4 is 17.5 Å². The summed E-state index contributed by atoms with van der Waals surface area (Å²) in [5.41, 5.74) is 2.04. The molecule has 2 amide bonds. The lowest BCUT2D eigenvalue weighted by atomic mass is 10.1. The highest BCUT2D eigenvalue weighted by Gasteiger charge is 2.36. The van der Waals surface area contributed by atoms with Crippen molar-refractivity contribution in [2.45, 2.75) is 0 Å². The van der Waals surface area contributed by atoms with Gasteiger partial charge in [0.05, 0.1) is 16.8 Å². The lowest BCUT2D eigenvalue weighted by molar-refractivity contribution is 0.0736. The molecule has 0 radical (unpaired) electrons. The molecule has 0 aromatic heterocycles. The Kier molecular flexibility index (Phi) is 2.53. The third kappa shape index (κ3) is 1.67. The number of carbonyl (C=O) groups excluding carboxylic acids is 2. The normalized spacial score (nSPS) is 13.6. The molecule has 92 valence electrons. The van der Waals surface area contributed by atoms with Crippen LogP contribution in [0.3, 0.4) is 0 Å². The predicted molar refractivity (Wildman–Crippen MR) is 72.4 cm³/mol. The Morgan fingerprint density at radius 3 is 1.79 bits per heavy atom. The van der Waals surface area contributed by atoms with Gasteiger partial charge in [-0.25, -0.2) is 4.90 Å². The first kappa shape index (κ1) is 11.4. The van der Waals surface area contributed by atoms with Gasteiger partial charge in [0.2, 0.25) is 0 Å². The van der Waals surface area contributed by atoms with Crippen molar-refractivity contribution in [1.29, 1.82) is 0 Å². The van der Waals surface area contributed by atoms with Gasteiger partial charge in [0.1, 0.15) is 0 Å². The van der Waals surface area contributed by atoms with E-state index in [-0.39, 0.29) is 11.8 Å². The number of hydrogen-bond acceptors (Lipinski definition) is 2. The highest BCUT2D eigenvalue weighted by Crippen LogP contribution is 2.29. The summed E-state index contributed by atoms with van der Waals surface area (Å²) in [6, 6.07) is 16.0. The number of benzene rings is 2. The molecule has 1 heterocycles. The zero-order chi connectivity index (χ0) is 13.4. The molecule has 3 rings (SSSR count). The summed E-state index contributed by atoms with van der Waals surface area (Å²) in [5.74, 6) is -0.621. The molecule has 0 bridgehead atoms. The molecular formula is C16H11NO2. The van der Waals surface area contributed by atoms with E-state index >= 15 is 0 Å². The summed E-state index contributed by atoms with van der Waals surface area (Å²) in [5, 5.41) is 0. The highest BCUT2D eigenvalue weighted by atomic mass is 16.2. The van der Waals surface area contributed by atoms with Crippen molar-refractivity contribution in [3.8, 4) is 0 Å². The monoisotopic (exact) mass is 249 g/mol. The van der Waals surface area contributed by atoms with Gasteiger partial charge in [0, 0.05) is 0 Å². The fraction of sp³-hybridized carbons (Fsp3) is 0. The molecule has 1 aliphatic heterocycles. The molecule has 2 aromatic carbocycles. The first-order chi connectivity index (χ1) is 9.20. The standard InChI is InChI=1S/C16H11NO2/c1-11(12-7-3-2-4-8-12)17-15(18)13-9-5-6-10-14(13)16(17)19/h2-10H,1H2. The molecule has 0 spiro atoms. The number of nitrogens with zero attached hydrogens (tertiary/aromatic N) is 1. The maximum absolute atomic E-state index is 12.3. The Bertz CT molecular complexity index is 654. The van der Waals surface area contributed by atoms with Crippen LogP contribution in [0, 0.1) is 0 Å². The Balaban J connectivity index is 2.03. The van der Waals surface area contributed by atoms with Crippen LogP contribution < -0.4 is 0 Å². The van der Waals surface area contributed by atoms with Crippen LogP contribution >= 0.6 is 0 Å². The molecule has 3 nitrogen and oxygen atoms in total. The summed E-state index contributed by atoms with van der Waals surface area (Å²) in [6.07, 6.45) is 0. The van der Waals surface area contributed by atoms with Crippen LogP contribution in [0.5, 0.6) is 0 Å². The minimum Gasteiger partial charge on any atom is -0.268 e. The number of hydrogen-bond donors (Lipinski definition) is 0. The van der Waals surface area contributed by atoms with E-state index in [1.54, 1.807) is 24.3 Å². The molecule has 0 saturated carbocycles. The average Bonchev–Trinajstić information content (AvgIpc) is 2.72. The molecule has 0 N–H and O–H groups in total. The minimum absolute atomic E-state index is 0.311. The fourth-order valence-electron chi connectivity index (χ4n) is 2.19. The lowest BCUT2D eigenvalue weighted by Gasteiger charge is -2.16. The molecule has 0 atom stereocenters. The van der Waals surface area contributed by atoms with Gasteiger partial charge in [-0.15, -0.1) is 0 Å². The molecule has 1 aliphatic rings. The van der Waals surface area contributed by atoms with Crippen LogP contribution in [0.4, 0.5) is 0 Å². The van der Waals surface area contributed by atoms with E-state index in [1.807, 2.05) is 30.3 Å². The van der Waals surface area contributed by atoms with Gasteiger partial charge >= 0.3 is 0 Å². The Hall–Kier alpha value is -2.68. The zero-order valence-corrected chi connectivity index (χ0v) is 10.2. The van der Waals surface area contributed by atoms with Crippen LogP contribution in [0.15, 0.2) is 61.2 Å². The quantitative estimate of drug-likeness (QED) is 0.767. The number of fused-ring (bicyclic) bond motifs is 1. The summed E-state index contributed by atoms with van der Waals surface area (Å²) >= 11 is 0. The molecule has 0 fully saturated rings. The first-order valence-corrected chi connectivity index (χ1v) is 5.92. The van der Waals surface area contributed by atoms with Gasteiger partial charge in [-0.1, -0.05) is 49.0 Å². The van der Waals surface area contributed by atoms with Gasteiger partial charge in [-0.3, -0.25) is 9.59 Å². The topological polar surface area (TPSA) is 37.4 Å². The average molecular weight is 249 g/mol. The Morgan fingerprint density at radius 1 is 0.789 bits per heavy atom. The SMILES string of the molecule is C=C(c1ccccc1)N1C(=O)c2ccccc2C1=O. The second-order valence-electron chi connectivity index (χ2n) is 4.30. The van der Waals surface area contributed by atoms with Gasteiger partial charge in [-0.05, 0) is 17.7 Å².